The Morgan fingerprint density at radius 1 is 0.943 bits per heavy atom. The Labute approximate surface area is 207 Å². The minimum Gasteiger partial charge on any atom is -0.368 e. The average Bonchev–Trinajstić information content (AvgIpc) is 3.71. The molecule has 2 aliphatic rings. The maximum Gasteiger partial charge on any atom is 0.320 e. The number of hydrogen-bond acceptors (Lipinski definition) is 3. The van der Waals surface area contributed by atoms with Crippen LogP contribution in [-0.2, 0) is 16.1 Å². The van der Waals surface area contributed by atoms with E-state index in [1.165, 1.54) is 0 Å². The highest BCUT2D eigenvalue weighted by Gasteiger charge is 2.35. The second-order valence-corrected chi connectivity index (χ2v) is 10.0. The second kappa shape index (κ2) is 10.9. The number of amides is 4. The van der Waals surface area contributed by atoms with E-state index in [0.29, 0.717) is 18.2 Å². The Hall–Kier alpha value is -3.35. The van der Waals surface area contributed by atoms with Crippen LogP contribution in [0.15, 0.2) is 54.6 Å². The predicted molar refractivity (Wildman–Crippen MR) is 135 cm³/mol. The highest BCUT2D eigenvalue weighted by molar-refractivity contribution is 5.89. The van der Waals surface area contributed by atoms with Gasteiger partial charge < -0.3 is 20.9 Å². The molecule has 7 heteroatoms. The zero-order chi connectivity index (χ0) is 24.9. The smallest absolute Gasteiger partial charge is 0.320 e. The van der Waals surface area contributed by atoms with Gasteiger partial charge in [-0.15, -0.1) is 0 Å². The lowest BCUT2D eigenvalue weighted by Crippen LogP contribution is -2.42. The van der Waals surface area contributed by atoms with E-state index in [-0.39, 0.29) is 23.8 Å². The van der Waals surface area contributed by atoms with Crippen molar-refractivity contribution < 1.29 is 14.4 Å². The topological polar surface area (TPSA) is 95.7 Å². The summed E-state index contributed by atoms with van der Waals surface area (Å²) in [4.78, 5) is 41.6. The number of urea groups is 1. The van der Waals surface area contributed by atoms with Gasteiger partial charge in [-0.3, -0.25) is 9.59 Å². The Morgan fingerprint density at radius 3 is 2.20 bits per heavy atom. The highest BCUT2D eigenvalue weighted by atomic mass is 16.2. The molecule has 0 bridgehead atoms. The van der Waals surface area contributed by atoms with Crippen LogP contribution < -0.4 is 11.1 Å². The third-order valence-electron chi connectivity index (χ3n) is 7.18. The van der Waals surface area contributed by atoms with Crippen molar-refractivity contribution in [2.45, 2.75) is 63.1 Å². The maximum absolute atomic E-state index is 13.3. The molecule has 0 saturated heterocycles. The number of nitrogens with one attached hydrogen (secondary N) is 1. The number of carbonyl (C=O) groups is 3. The normalized spacial score (nSPS) is 20.5. The molecule has 186 valence electrons. The summed E-state index contributed by atoms with van der Waals surface area (Å²) >= 11 is 0. The number of rotatable bonds is 8. The second-order valence-electron chi connectivity index (χ2n) is 10.0. The summed E-state index contributed by atoms with van der Waals surface area (Å²) in [6.07, 6.45) is 5.89. The summed E-state index contributed by atoms with van der Waals surface area (Å²) in [7, 11) is 3.57. The van der Waals surface area contributed by atoms with Crippen LogP contribution in [0, 0.1) is 5.92 Å². The molecule has 35 heavy (non-hydrogen) atoms. The van der Waals surface area contributed by atoms with Crippen molar-refractivity contribution in [3.8, 4) is 0 Å². The third-order valence-corrected chi connectivity index (χ3v) is 7.18. The molecule has 2 aliphatic carbocycles. The zero-order valence-corrected chi connectivity index (χ0v) is 20.7. The molecule has 0 spiro atoms. The van der Waals surface area contributed by atoms with Gasteiger partial charge in [-0.2, -0.15) is 0 Å². The van der Waals surface area contributed by atoms with E-state index in [4.69, 9.17) is 5.73 Å². The van der Waals surface area contributed by atoms with Gasteiger partial charge in [0.05, 0.1) is 0 Å². The first-order chi connectivity index (χ1) is 16.8. The van der Waals surface area contributed by atoms with Crippen LogP contribution in [0.2, 0.25) is 0 Å². The van der Waals surface area contributed by atoms with Gasteiger partial charge in [0, 0.05) is 32.6 Å². The zero-order valence-electron chi connectivity index (χ0n) is 20.7. The van der Waals surface area contributed by atoms with Crippen LogP contribution in [0.5, 0.6) is 0 Å². The summed E-state index contributed by atoms with van der Waals surface area (Å²) in [5, 5.41) is 2.92. The molecule has 4 rings (SSSR count). The number of hydrogen-bond donors (Lipinski definition) is 2. The first-order valence-corrected chi connectivity index (χ1v) is 12.6. The molecule has 0 unspecified atom stereocenters. The molecule has 2 aromatic rings. The van der Waals surface area contributed by atoms with E-state index in [9.17, 15) is 14.4 Å². The lowest BCUT2D eigenvalue weighted by molar-refractivity contribution is -0.131. The average molecular weight is 477 g/mol. The minimum atomic E-state index is -0.837. The molecule has 7 nitrogen and oxygen atoms in total. The molecule has 2 saturated carbocycles. The van der Waals surface area contributed by atoms with Crippen LogP contribution in [0.3, 0.4) is 0 Å². The van der Waals surface area contributed by atoms with Crippen molar-refractivity contribution in [3.63, 3.8) is 0 Å². The maximum atomic E-state index is 13.3. The van der Waals surface area contributed by atoms with Gasteiger partial charge in [-0.25, -0.2) is 4.79 Å². The van der Waals surface area contributed by atoms with Crippen LogP contribution in [-0.4, -0.2) is 47.8 Å². The van der Waals surface area contributed by atoms with Crippen LogP contribution in [0.25, 0.3) is 0 Å². The Morgan fingerprint density at radius 2 is 1.60 bits per heavy atom. The Balaban J connectivity index is 1.46. The molecule has 2 fully saturated rings. The number of benzene rings is 2. The van der Waals surface area contributed by atoms with Gasteiger partial charge in [0.1, 0.15) is 6.04 Å². The van der Waals surface area contributed by atoms with Gasteiger partial charge in [-0.05, 0) is 48.3 Å². The monoisotopic (exact) mass is 476 g/mol. The minimum absolute atomic E-state index is 0.0445. The fourth-order valence-corrected chi connectivity index (χ4v) is 5.12. The van der Waals surface area contributed by atoms with E-state index in [1.54, 1.807) is 31.1 Å². The summed E-state index contributed by atoms with van der Waals surface area (Å²) in [6.45, 7) is 0.591. The fraction of sp³-hybridized carbons (Fsp3) is 0.464. The quantitative estimate of drug-likeness (QED) is 0.604. The lowest BCUT2D eigenvalue weighted by Gasteiger charge is -2.32. The predicted octanol–water partition coefficient (Wildman–Crippen LogP) is 3.95. The summed E-state index contributed by atoms with van der Waals surface area (Å²) in [5.41, 5.74) is 8.54. The van der Waals surface area contributed by atoms with Gasteiger partial charge in [-0.1, -0.05) is 67.4 Å². The molecular formula is C28H36N4O3. The van der Waals surface area contributed by atoms with Crippen molar-refractivity contribution in [2.24, 2.45) is 11.7 Å². The standard InChI is InChI=1S/C28H36N4O3/c1-31(2)28(35)32(22-16-17-22)18-19-12-14-20(15-13-19)23-10-6-7-11-24(23)27(34)30-25(26(29)33)21-8-4-3-5-9-21/h3-5,8-9,12-15,22-25H,6-7,10-11,16-18H2,1-2H3,(H2,29,33)(H,30,34)/t23-,24+,25-/m0/s1. The molecule has 3 atom stereocenters. The molecule has 3 N–H and O–H groups in total. The van der Waals surface area contributed by atoms with Crippen molar-refractivity contribution in [3.05, 3.63) is 71.3 Å². The number of nitrogens with zero attached hydrogens (tertiary/aromatic N) is 2. The van der Waals surface area contributed by atoms with E-state index in [2.05, 4.69) is 29.6 Å². The van der Waals surface area contributed by atoms with Crippen LogP contribution in [0.1, 0.15) is 67.2 Å². The molecule has 4 amide bonds. The van der Waals surface area contributed by atoms with Gasteiger partial charge in [0.15, 0.2) is 0 Å². The molecule has 0 aromatic heterocycles. The molecule has 0 radical (unpaired) electrons. The first-order valence-electron chi connectivity index (χ1n) is 12.6. The molecule has 0 aliphatic heterocycles. The van der Waals surface area contributed by atoms with Crippen molar-refractivity contribution in [2.75, 3.05) is 14.1 Å². The van der Waals surface area contributed by atoms with Crippen molar-refractivity contribution in [1.29, 1.82) is 0 Å². The largest absolute Gasteiger partial charge is 0.368 e. The fourth-order valence-electron chi connectivity index (χ4n) is 5.12. The third kappa shape index (κ3) is 6.02. The van der Waals surface area contributed by atoms with E-state index in [1.807, 2.05) is 23.1 Å². The first kappa shape index (κ1) is 24.8. The van der Waals surface area contributed by atoms with Crippen molar-refractivity contribution >= 4 is 17.8 Å². The van der Waals surface area contributed by atoms with Gasteiger partial charge in [0.25, 0.3) is 0 Å². The number of carbonyl (C=O) groups excluding carboxylic acids is 3. The SMILES string of the molecule is CN(C)C(=O)N(Cc1ccc([C@@H]2CCCC[C@H]2C(=O)N[C@H](C(N)=O)c2ccccc2)cc1)C1CC1. The van der Waals surface area contributed by atoms with E-state index >= 15 is 0 Å². The molecular weight excluding hydrogens is 440 g/mol. The highest BCUT2D eigenvalue weighted by Crippen LogP contribution is 2.38. The van der Waals surface area contributed by atoms with Crippen LogP contribution >= 0.6 is 0 Å². The molecule has 0 heterocycles. The molecule has 2 aromatic carbocycles. The Kier molecular flexibility index (Phi) is 7.73. The summed E-state index contributed by atoms with van der Waals surface area (Å²) < 4.78 is 0. The summed E-state index contributed by atoms with van der Waals surface area (Å²) in [5.74, 6) is -0.805. The summed E-state index contributed by atoms with van der Waals surface area (Å²) in [6, 6.07) is 17.0. The lowest BCUT2D eigenvalue weighted by atomic mass is 9.74. The Bertz CT molecular complexity index is 1030. The number of nitrogens with two attached hydrogens (primary N) is 1. The number of primary amides is 1. The van der Waals surface area contributed by atoms with E-state index < -0.39 is 11.9 Å². The van der Waals surface area contributed by atoms with Crippen molar-refractivity contribution in [1.82, 2.24) is 15.1 Å². The van der Waals surface area contributed by atoms with Crippen LogP contribution in [0.4, 0.5) is 4.79 Å². The van der Waals surface area contributed by atoms with Gasteiger partial charge in [0.2, 0.25) is 11.8 Å². The van der Waals surface area contributed by atoms with Gasteiger partial charge >= 0.3 is 6.03 Å². The van der Waals surface area contributed by atoms with E-state index in [0.717, 1.165) is 49.7 Å².